The lowest BCUT2D eigenvalue weighted by atomic mass is 9.89. The summed E-state index contributed by atoms with van der Waals surface area (Å²) in [5.41, 5.74) is 2.60. The maximum Gasteiger partial charge on any atom is 0.225 e. The molecule has 0 amide bonds. The van der Waals surface area contributed by atoms with Crippen molar-refractivity contribution in [2.24, 2.45) is 0 Å². The van der Waals surface area contributed by atoms with Crippen LogP contribution < -0.4 is 5.32 Å². The molecule has 2 aliphatic rings. The fraction of sp³-hybridized carbons (Fsp3) is 0.316. The van der Waals surface area contributed by atoms with Crippen LogP contribution in [0.5, 0.6) is 0 Å². The fourth-order valence-corrected chi connectivity index (χ4v) is 4.76. The molecule has 0 saturated heterocycles. The van der Waals surface area contributed by atoms with Gasteiger partial charge in [0.2, 0.25) is 5.89 Å². The van der Waals surface area contributed by atoms with Gasteiger partial charge in [-0.15, -0.1) is 0 Å². The first-order valence-corrected chi connectivity index (χ1v) is 10.2. The van der Waals surface area contributed by atoms with Crippen LogP contribution in [0.3, 0.4) is 0 Å². The Labute approximate surface area is 158 Å². The van der Waals surface area contributed by atoms with Crippen molar-refractivity contribution in [1.29, 1.82) is 0 Å². The number of nitrogens with one attached hydrogen (secondary N) is 1. The van der Waals surface area contributed by atoms with Crippen LogP contribution in [-0.2, 0) is 17.2 Å². The molecule has 0 spiro atoms. The molecule has 5 rings (SSSR count). The summed E-state index contributed by atoms with van der Waals surface area (Å²) in [5, 5.41) is 12.9. The average Bonchev–Trinajstić information content (AvgIpc) is 3.31. The zero-order valence-corrected chi connectivity index (χ0v) is 15.3. The van der Waals surface area contributed by atoms with Gasteiger partial charge in [-0.2, -0.15) is 0 Å². The van der Waals surface area contributed by atoms with Crippen LogP contribution in [-0.4, -0.2) is 42.2 Å². The minimum atomic E-state index is -1.07. The first-order valence-electron chi connectivity index (χ1n) is 8.91. The Bertz CT molecular complexity index is 999. The molecule has 7 nitrogen and oxygen atoms in total. The van der Waals surface area contributed by atoms with E-state index in [0.717, 1.165) is 21.7 Å². The highest BCUT2D eigenvalue weighted by molar-refractivity contribution is 7.85. The highest BCUT2D eigenvalue weighted by Crippen LogP contribution is 2.33. The van der Waals surface area contributed by atoms with E-state index >= 15 is 0 Å². The first-order chi connectivity index (χ1) is 13.2. The summed E-state index contributed by atoms with van der Waals surface area (Å²) < 4.78 is 17.7. The van der Waals surface area contributed by atoms with E-state index in [1.165, 1.54) is 0 Å². The number of aryl methyl sites for hydroxylation is 1. The second-order valence-electron chi connectivity index (χ2n) is 6.85. The van der Waals surface area contributed by atoms with Gasteiger partial charge in [-0.1, -0.05) is 12.1 Å². The number of benzene rings is 1. The van der Waals surface area contributed by atoms with Gasteiger partial charge in [0.05, 0.1) is 28.8 Å². The highest BCUT2D eigenvalue weighted by atomic mass is 32.2. The number of anilines is 1. The van der Waals surface area contributed by atoms with Gasteiger partial charge in [0.25, 0.3) is 0 Å². The Morgan fingerprint density at radius 2 is 1.93 bits per heavy atom. The summed E-state index contributed by atoms with van der Waals surface area (Å²) in [6, 6.07) is 7.88. The molecule has 0 bridgehead atoms. The molecular formula is C19H18N4O3S. The molecule has 2 aromatic heterocycles. The van der Waals surface area contributed by atoms with E-state index in [1.54, 1.807) is 12.5 Å². The zero-order valence-electron chi connectivity index (χ0n) is 14.5. The minimum Gasteiger partial charge on any atom is -0.445 e. The Hall–Kier alpha value is -2.58. The number of oxazole rings is 1. The molecule has 1 saturated carbocycles. The molecule has 2 N–H and O–H groups in total. The average molecular weight is 382 g/mol. The lowest BCUT2D eigenvalue weighted by molar-refractivity contribution is 0.0834. The number of fused-ring (bicyclic) bond motifs is 1. The van der Waals surface area contributed by atoms with Crippen molar-refractivity contribution >= 4 is 16.6 Å². The molecule has 1 atom stereocenters. The summed E-state index contributed by atoms with van der Waals surface area (Å²) in [7, 11) is -1.07. The van der Waals surface area contributed by atoms with Gasteiger partial charge in [0.1, 0.15) is 17.0 Å². The second-order valence-corrected chi connectivity index (χ2v) is 8.36. The quantitative estimate of drug-likeness (QED) is 0.714. The van der Waals surface area contributed by atoms with Crippen LogP contribution in [0, 0.1) is 0 Å². The van der Waals surface area contributed by atoms with Gasteiger partial charge in [-0.25, -0.2) is 15.0 Å². The molecule has 1 aromatic carbocycles. The molecule has 1 aliphatic heterocycles. The number of hydrogen-bond acceptors (Lipinski definition) is 7. The van der Waals surface area contributed by atoms with Crippen molar-refractivity contribution in [3.05, 3.63) is 42.4 Å². The van der Waals surface area contributed by atoms with Gasteiger partial charge >= 0.3 is 0 Å². The third-order valence-corrected chi connectivity index (χ3v) is 6.42. The second kappa shape index (κ2) is 6.54. The van der Waals surface area contributed by atoms with E-state index in [-0.39, 0.29) is 12.1 Å². The smallest absolute Gasteiger partial charge is 0.225 e. The maximum absolute atomic E-state index is 12.4. The normalized spacial score (nSPS) is 23.7. The SMILES string of the molecule is O=[S@]1CCc2nc(-c3ccc(-c4ncco4)cc3)nc(NC3CC(O)C3)c21. The molecule has 1 fully saturated rings. The standard InChI is InChI=1S/C19H18N4O3S/c24-14-9-13(10-14)21-18-16-15(5-8-27(16)25)22-17(23-18)11-1-3-12(4-2-11)19-20-6-7-26-19/h1-4,6-7,13-14,24H,5,8-10H2,(H,21,22,23)/t13?,14?,27-/m0/s1. The van der Waals surface area contributed by atoms with E-state index in [2.05, 4.69) is 20.3 Å². The number of aliphatic hydroxyl groups is 1. The predicted octanol–water partition coefficient (Wildman–Crippen LogP) is 2.40. The van der Waals surface area contributed by atoms with E-state index < -0.39 is 10.8 Å². The van der Waals surface area contributed by atoms with Gasteiger partial charge in [0, 0.05) is 29.3 Å². The topological polar surface area (TPSA) is 101 Å². The summed E-state index contributed by atoms with van der Waals surface area (Å²) in [5.74, 6) is 2.39. The lowest BCUT2D eigenvalue weighted by Gasteiger charge is -2.32. The highest BCUT2D eigenvalue weighted by Gasteiger charge is 2.31. The lowest BCUT2D eigenvalue weighted by Crippen LogP contribution is -2.39. The molecule has 3 aromatic rings. The largest absolute Gasteiger partial charge is 0.445 e. The number of aliphatic hydroxyl groups excluding tert-OH is 1. The first kappa shape index (κ1) is 16.6. The van der Waals surface area contributed by atoms with Crippen molar-refractivity contribution in [1.82, 2.24) is 15.0 Å². The molecule has 1 aliphatic carbocycles. The molecule has 8 heteroatoms. The molecule has 0 unspecified atom stereocenters. The zero-order chi connectivity index (χ0) is 18.4. The monoisotopic (exact) mass is 382 g/mol. The van der Waals surface area contributed by atoms with Crippen molar-refractivity contribution in [3.8, 4) is 22.8 Å². The van der Waals surface area contributed by atoms with Crippen molar-refractivity contribution in [2.45, 2.75) is 36.3 Å². The van der Waals surface area contributed by atoms with Gasteiger partial charge in [-0.3, -0.25) is 4.21 Å². The Balaban J connectivity index is 1.50. The summed E-state index contributed by atoms with van der Waals surface area (Å²) in [6.45, 7) is 0. The van der Waals surface area contributed by atoms with Crippen LogP contribution in [0.15, 0.2) is 46.0 Å². The van der Waals surface area contributed by atoms with Crippen molar-refractivity contribution in [3.63, 3.8) is 0 Å². The number of aromatic nitrogens is 3. The third kappa shape index (κ3) is 3.04. The molecular weight excluding hydrogens is 364 g/mol. The van der Waals surface area contributed by atoms with Gasteiger partial charge < -0.3 is 14.8 Å². The molecule has 3 heterocycles. The summed E-state index contributed by atoms with van der Waals surface area (Å²) in [4.78, 5) is 14.2. The molecule has 0 radical (unpaired) electrons. The Morgan fingerprint density at radius 3 is 2.63 bits per heavy atom. The van der Waals surface area contributed by atoms with Crippen LogP contribution in [0.1, 0.15) is 18.5 Å². The Morgan fingerprint density at radius 1 is 1.15 bits per heavy atom. The third-order valence-electron chi connectivity index (χ3n) is 4.96. The Kier molecular flexibility index (Phi) is 4.02. The minimum absolute atomic E-state index is 0.164. The number of hydrogen-bond donors (Lipinski definition) is 2. The van der Waals surface area contributed by atoms with E-state index in [1.807, 2.05) is 24.3 Å². The van der Waals surface area contributed by atoms with Gasteiger partial charge in [0.15, 0.2) is 5.82 Å². The van der Waals surface area contributed by atoms with Crippen molar-refractivity contribution < 1.29 is 13.7 Å². The van der Waals surface area contributed by atoms with Crippen LogP contribution >= 0.6 is 0 Å². The predicted molar refractivity (Wildman–Crippen MR) is 101 cm³/mol. The van der Waals surface area contributed by atoms with E-state index in [4.69, 9.17) is 4.42 Å². The summed E-state index contributed by atoms with van der Waals surface area (Å²) in [6.07, 6.45) is 4.96. The van der Waals surface area contributed by atoms with Crippen LogP contribution in [0.25, 0.3) is 22.8 Å². The fourth-order valence-electron chi connectivity index (χ4n) is 3.45. The maximum atomic E-state index is 12.4. The molecule has 27 heavy (non-hydrogen) atoms. The summed E-state index contributed by atoms with van der Waals surface area (Å²) >= 11 is 0. The van der Waals surface area contributed by atoms with E-state index in [0.29, 0.717) is 42.5 Å². The van der Waals surface area contributed by atoms with E-state index in [9.17, 15) is 9.32 Å². The van der Waals surface area contributed by atoms with Gasteiger partial charge in [-0.05, 0) is 25.0 Å². The van der Waals surface area contributed by atoms with Crippen LogP contribution in [0.2, 0.25) is 0 Å². The number of nitrogens with zero attached hydrogens (tertiary/aromatic N) is 3. The van der Waals surface area contributed by atoms with Crippen molar-refractivity contribution in [2.75, 3.05) is 11.1 Å². The van der Waals surface area contributed by atoms with Crippen LogP contribution in [0.4, 0.5) is 5.82 Å². The molecule has 138 valence electrons. The number of rotatable bonds is 4.